The third-order valence-corrected chi connectivity index (χ3v) is 2.63. The summed E-state index contributed by atoms with van der Waals surface area (Å²) in [7, 11) is 0. The lowest BCUT2D eigenvalue weighted by molar-refractivity contribution is 0.364. The molecule has 0 bridgehead atoms. The summed E-state index contributed by atoms with van der Waals surface area (Å²) < 4.78 is 7.06. The van der Waals surface area contributed by atoms with E-state index in [-0.39, 0.29) is 0 Å². The van der Waals surface area contributed by atoms with Gasteiger partial charge < -0.3 is 9.84 Å². The Kier molecular flexibility index (Phi) is 2.46. The van der Waals surface area contributed by atoms with Crippen LogP contribution >= 0.6 is 0 Å². The SMILES string of the molecule is c1cnn(Cc2cc(CNC3CC3)no2)c1. The predicted molar refractivity (Wildman–Crippen MR) is 57.7 cm³/mol. The van der Waals surface area contributed by atoms with E-state index in [2.05, 4.69) is 15.6 Å². The van der Waals surface area contributed by atoms with Crippen LogP contribution in [0.2, 0.25) is 0 Å². The molecule has 2 aromatic heterocycles. The Bertz CT molecular complexity index is 444. The van der Waals surface area contributed by atoms with Crippen LogP contribution in [0.15, 0.2) is 29.0 Å². The van der Waals surface area contributed by atoms with Crippen molar-refractivity contribution in [2.24, 2.45) is 0 Å². The number of hydrogen-bond acceptors (Lipinski definition) is 4. The van der Waals surface area contributed by atoms with E-state index in [4.69, 9.17) is 4.52 Å². The van der Waals surface area contributed by atoms with E-state index in [1.165, 1.54) is 12.8 Å². The van der Waals surface area contributed by atoms with Crippen molar-refractivity contribution in [1.82, 2.24) is 20.3 Å². The fourth-order valence-electron chi connectivity index (χ4n) is 1.60. The molecule has 1 aliphatic rings. The van der Waals surface area contributed by atoms with Crippen LogP contribution < -0.4 is 5.32 Å². The zero-order valence-corrected chi connectivity index (χ0v) is 8.97. The Hall–Kier alpha value is -1.62. The van der Waals surface area contributed by atoms with Crippen LogP contribution in [0.3, 0.4) is 0 Å². The first-order valence-electron chi connectivity index (χ1n) is 5.55. The van der Waals surface area contributed by atoms with Crippen molar-refractivity contribution in [2.45, 2.75) is 32.0 Å². The zero-order valence-electron chi connectivity index (χ0n) is 8.97. The van der Waals surface area contributed by atoms with Gasteiger partial charge in [-0.3, -0.25) is 4.68 Å². The first-order valence-corrected chi connectivity index (χ1v) is 5.55. The van der Waals surface area contributed by atoms with Gasteiger partial charge in [-0.15, -0.1) is 0 Å². The molecule has 0 atom stereocenters. The van der Waals surface area contributed by atoms with E-state index >= 15 is 0 Å². The summed E-state index contributed by atoms with van der Waals surface area (Å²) in [5.41, 5.74) is 0.967. The third kappa shape index (κ3) is 2.30. The molecule has 1 fully saturated rings. The van der Waals surface area contributed by atoms with E-state index in [1.54, 1.807) is 6.20 Å². The summed E-state index contributed by atoms with van der Waals surface area (Å²) in [6.07, 6.45) is 6.24. The van der Waals surface area contributed by atoms with Crippen molar-refractivity contribution in [3.05, 3.63) is 36.0 Å². The topological polar surface area (TPSA) is 55.9 Å². The molecule has 3 rings (SSSR count). The van der Waals surface area contributed by atoms with Crippen molar-refractivity contribution < 1.29 is 4.52 Å². The van der Waals surface area contributed by atoms with Crippen molar-refractivity contribution in [3.63, 3.8) is 0 Å². The molecule has 2 heterocycles. The highest BCUT2D eigenvalue weighted by atomic mass is 16.5. The van der Waals surface area contributed by atoms with E-state index in [1.807, 2.05) is 23.0 Å². The monoisotopic (exact) mass is 218 g/mol. The van der Waals surface area contributed by atoms with Crippen LogP contribution in [0, 0.1) is 0 Å². The van der Waals surface area contributed by atoms with E-state index < -0.39 is 0 Å². The highest BCUT2D eigenvalue weighted by Crippen LogP contribution is 2.19. The minimum absolute atomic E-state index is 0.642. The fourth-order valence-corrected chi connectivity index (χ4v) is 1.60. The van der Waals surface area contributed by atoms with Crippen LogP contribution in [-0.4, -0.2) is 21.0 Å². The molecule has 0 amide bonds. The van der Waals surface area contributed by atoms with Gasteiger partial charge in [0.2, 0.25) is 0 Å². The smallest absolute Gasteiger partial charge is 0.158 e. The lowest BCUT2D eigenvalue weighted by Gasteiger charge is -1.96. The van der Waals surface area contributed by atoms with Crippen LogP contribution in [0.1, 0.15) is 24.3 Å². The highest BCUT2D eigenvalue weighted by Gasteiger charge is 2.20. The maximum Gasteiger partial charge on any atom is 0.158 e. The van der Waals surface area contributed by atoms with Gasteiger partial charge in [0.25, 0.3) is 0 Å². The number of rotatable bonds is 5. The predicted octanol–water partition coefficient (Wildman–Crippen LogP) is 1.17. The molecule has 1 aliphatic carbocycles. The van der Waals surface area contributed by atoms with Crippen molar-refractivity contribution in [1.29, 1.82) is 0 Å². The van der Waals surface area contributed by atoms with Crippen molar-refractivity contribution in [3.8, 4) is 0 Å². The average molecular weight is 218 g/mol. The van der Waals surface area contributed by atoms with Crippen LogP contribution in [0.5, 0.6) is 0 Å². The first kappa shape index (κ1) is 9.59. The molecule has 1 N–H and O–H groups in total. The average Bonchev–Trinajstić information content (AvgIpc) is 2.78. The normalized spacial score (nSPS) is 15.5. The molecule has 5 heteroatoms. The molecule has 1 saturated carbocycles. The molecule has 0 spiro atoms. The van der Waals surface area contributed by atoms with Gasteiger partial charge in [-0.1, -0.05) is 5.16 Å². The Morgan fingerprint density at radius 3 is 3.19 bits per heavy atom. The van der Waals surface area contributed by atoms with Crippen LogP contribution in [-0.2, 0) is 13.1 Å². The lowest BCUT2D eigenvalue weighted by atomic mass is 10.3. The number of nitrogens with zero attached hydrogens (tertiary/aromatic N) is 3. The number of nitrogens with one attached hydrogen (secondary N) is 1. The summed E-state index contributed by atoms with van der Waals surface area (Å²) in [5, 5.41) is 11.5. The number of aromatic nitrogens is 3. The van der Waals surface area contributed by atoms with E-state index in [9.17, 15) is 0 Å². The van der Waals surface area contributed by atoms with Crippen LogP contribution in [0.25, 0.3) is 0 Å². The van der Waals surface area contributed by atoms with Gasteiger partial charge in [0.15, 0.2) is 5.76 Å². The van der Waals surface area contributed by atoms with Gasteiger partial charge in [0.1, 0.15) is 6.54 Å². The second-order valence-corrected chi connectivity index (χ2v) is 4.14. The summed E-state index contributed by atoms with van der Waals surface area (Å²) in [4.78, 5) is 0. The summed E-state index contributed by atoms with van der Waals surface area (Å²) in [6.45, 7) is 1.44. The summed E-state index contributed by atoms with van der Waals surface area (Å²) in [5.74, 6) is 0.844. The largest absolute Gasteiger partial charge is 0.359 e. The molecule has 0 aliphatic heterocycles. The lowest BCUT2D eigenvalue weighted by Crippen LogP contribution is -2.15. The molecule has 16 heavy (non-hydrogen) atoms. The summed E-state index contributed by atoms with van der Waals surface area (Å²) >= 11 is 0. The Morgan fingerprint density at radius 2 is 2.44 bits per heavy atom. The van der Waals surface area contributed by atoms with Gasteiger partial charge in [0.05, 0.1) is 5.69 Å². The fraction of sp³-hybridized carbons (Fsp3) is 0.455. The Balaban J connectivity index is 1.58. The van der Waals surface area contributed by atoms with Gasteiger partial charge in [-0.2, -0.15) is 5.10 Å². The molecule has 2 aromatic rings. The molecular formula is C11H14N4O. The van der Waals surface area contributed by atoms with E-state index in [0.29, 0.717) is 12.6 Å². The van der Waals surface area contributed by atoms with Crippen LogP contribution in [0.4, 0.5) is 0 Å². The third-order valence-electron chi connectivity index (χ3n) is 2.63. The minimum Gasteiger partial charge on any atom is -0.359 e. The standard InChI is InChI=1S/C11H14N4O/c1-4-13-15(5-1)8-11-6-10(14-16-11)7-12-9-2-3-9/h1,4-6,9,12H,2-3,7-8H2. The quantitative estimate of drug-likeness (QED) is 0.818. The van der Waals surface area contributed by atoms with Crippen molar-refractivity contribution in [2.75, 3.05) is 0 Å². The molecule has 84 valence electrons. The minimum atomic E-state index is 0.642. The zero-order chi connectivity index (χ0) is 10.8. The molecular weight excluding hydrogens is 204 g/mol. The summed E-state index contributed by atoms with van der Waals surface area (Å²) in [6, 6.07) is 4.58. The molecule has 0 saturated heterocycles. The van der Waals surface area contributed by atoms with Gasteiger partial charge >= 0.3 is 0 Å². The van der Waals surface area contributed by atoms with Gasteiger partial charge in [-0.25, -0.2) is 0 Å². The molecule has 0 aromatic carbocycles. The number of hydrogen-bond donors (Lipinski definition) is 1. The van der Waals surface area contributed by atoms with Gasteiger partial charge in [-0.05, 0) is 18.9 Å². The molecule has 0 radical (unpaired) electrons. The molecule has 0 unspecified atom stereocenters. The first-order chi connectivity index (χ1) is 7.90. The Morgan fingerprint density at radius 1 is 1.50 bits per heavy atom. The maximum atomic E-state index is 5.24. The second-order valence-electron chi connectivity index (χ2n) is 4.14. The van der Waals surface area contributed by atoms with Gasteiger partial charge in [0, 0.05) is 31.0 Å². The highest BCUT2D eigenvalue weighted by molar-refractivity contribution is 5.06. The maximum absolute atomic E-state index is 5.24. The molecule has 5 nitrogen and oxygen atoms in total. The van der Waals surface area contributed by atoms with Crippen molar-refractivity contribution >= 4 is 0 Å². The Labute approximate surface area is 93.4 Å². The van der Waals surface area contributed by atoms with E-state index in [0.717, 1.165) is 18.0 Å². The second kappa shape index (κ2) is 4.09.